The lowest BCUT2D eigenvalue weighted by Gasteiger charge is -2.18. The monoisotopic (exact) mass is 362 g/mol. The van der Waals surface area contributed by atoms with Crippen molar-refractivity contribution < 1.29 is 4.79 Å². The Bertz CT molecular complexity index is 830. The normalized spacial score (nSPS) is 16.9. The second-order valence-electron chi connectivity index (χ2n) is 6.17. The van der Waals surface area contributed by atoms with Crippen molar-refractivity contribution >= 4 is 28.1 Å². The van der Waals surface area contributed by atoms with E-state index in [0.717, 1.165) is 36.0 Å². The first-order chi connectivity index (χ1) is 12.0. The van der Waals surface area contributed by atoms with Gasteiger partial charge in [0.25, 0.3) is 11.5 Å². The lowest BCUT2D eigenvalue weighted by atomic mass is 10.1. The Labute approximate surface area is 149 Å². The van der Waals surface area contributed by atoms with Gasteiger partial charge in [0.15, 0.2) is 5.13 Å². The molecule has 25 heavy (non-hydrogen) atoms. The van der Waals surface area contributed by atoms with Crippen molar-refractivity contribution in [3.63, 3.8) is 0 Å². The first-order valence-corrected chi connectivity index (χ1v) is 9.01. The molecular formula is C16H22N6O2S. The fourth-order valence-electron chi connectivity index (χ4n) is 2.90. The molecule has 0 saturated carbocycles. The summed E-state index contributed by atoms with van der Waals surface area (Å²) in [6, 6.07) is 1.61. The molecule has 1 saturated heterocycles. The van der Waals surface area contributed by atoms with Crippen LogP contribution in [0.5, 0.6) is 0 Å². The number of carbonyl (C=O) groups excluding carboxylic acids is 1. The largest absolute Gasteiger partial charge is 0.370 e. The molecule has 2 aromatic heterocycles. The number of nitrogens with zero attached hydrogens (tertiary/aromatic N) is 4. The number of amides is 1. The first-order valence-electron chi connectivity index (χ1n) is 8.19. The van der Waals surface area contributed by atoms with Crippen LogP contribution < -0.4 is 21.1 Å². The summed E-state index contributed by atoms with van der Waals surface area (Å²) >= 11 is 1.36. The molecule has 8 nitrogen and oxygen atoms in total. The van der Waals surface area contributed by atoms with Crippen LogP contribution in [0.15, 0.2) is 17.1 Å². The lowest BCUT2D eigenvalue weighted by molar-refractivity contribution is 0.0951. The number of carbonyl (C=O) groups is 1. The third-order valence-electron chi connectivity index (χ3n) is 4.37. The number of hydrogen-bond acceptors (Lipinski definition) is 7. The average molecular weight is 362 g/mol. The highest BCUT2D eigenvalue weighted by Crippen LogP contribution is 2.23. The number of anilines is 2. The Morgan fingerprint density at radius 3 is 2.96 bits per heavy atom. The van der Waals surface area contributed by atoms with Crippen LogP contribution in [-0.2, 0) is 7.05 Å². The molecule has 0 spiro atoms. The van der Waals surface area contributed by atoms with Gasteiger partial charge >= 0.3 is 0 Å². The molecule has 3 rings (SSSR count). The average Bonchev–Trinajstić information content (AvgIpc) is 3.21. The Kier molecular flexibility index (Phi) is 5.03. The van der Waals surface area contributed by atoms with Crippen molar-refractivity contribution in [1.82, 2.24) is 20.1 Å². The van der Waals surface area contributed by atoms with Gasteiger partial charge < -0.3 is 15.5 Å². The fraction of sp³-hybridized carbons (Fsp3) is 0.500. The van der Waals surface area contributed by atoms with E-state index >= 15 is 0 Å². The maximum absolute atomic E-state index is 12.3. The quantitative estimate of drug-likeness (QED) is 0.819. The SMILES string of the molecule is CNc1nc(C)c(C(=O)NC[C@H]2CCN(c3cnn(C)c(=O)c3)C2)s1. The van der Waals surface area contributed by atoms with Crippen molar-refractivity contribution in [3.8, 4) is 0 Å². The van der Waals surface area contributed by atoms with E-state index in [1.807, 2.05) is 6.92 Å². The van der Waals surface area contributed by atoms with Crippen LogP contribution in [0.4, 0.5) is 10.8 Å². The predicted octanol–water partition coefficient (Wildman–Crippen LogP) is 0.843. The summed E-state index contributed by atoms with van der Waals surface area (Å²) in [5, 5.41) is 10.8. The van der Waals surface area contributed by atoms with E-state index in [2.05, 4.69) is 25.6 Å². The van der Waals surface area contributed by atoms with Crippen LogP contribution in [0.2, 0.25) is 0 Å². The number of nitrogens with one attached hydrogen (secondary N) is 2. The van der Waals surface area contributed by atoms with E-state index in [9.17, 15) is 9.59 Å². The van der Waals surface area contributed by atoms with Gasteiger partial charge in [-0.15, -0.1) is 0 Å². The Balaban J connectivity index is 1.56. The van der Waals surface area contributed by atoms with Gasteiger partial charge in [-0.3, -0.25) is 9.59 Å². The fourth-order valence-corrected chi connectivity index (χ4v) is 3.73. The van der Waals surface area contributed by atoms with Gasteiger partial charge in [-0.1, -0.05) is 11.3 Å². The van der Waals surface area contributed by atoms with E-state index in [-0.39, 0.29) is 11.5 Å². The second-order valence-corrected chi connectivity index (χ2v) is 7.17. The van der Waals surface area contributed by atoms with E-state index < -0.39 is 0 Å². The van der Waals surface area contributed by atoms with Crippen molar-refractivity contribution in [2.24, 2.45) is 13.0 Å². The Morgan fingerprint density at radius 1 is 1.48 bits per heavy atom. The minimum Gasteiger partial charge on any atom is -0.370 e. The van der Waals surface area contributed by atoms with Crippen LogP contribution in [0, 0.1) is 12.8 Å². The number of aryl methyl sites for hydroxylation is 2. The predicted molar refractivity (Wildman–Crippen MR) is 98.5 cm³/mol. The van der Waals surface area contributed by atoms with Crippen LogP contribution in [-0.4, -0.2) is 47.4 Å². The van der Waals surface area contributed by atoms with Crippen LogP contribution in [0.1, 0.15) is 21.8 Å². The minimum absolute atomic E-state index is 0.0785. The summed E-state index contributed by atoms with van der Waals surface area (Å²) in [6.45, 7) is 4.11. The number of rotatable bonds is 5. The zero-order valence-electron chi connectivity index (χ0n) is 14.6. The molecule has 1 aliphatic heterocycles. The lowest BCUT2D eigenvalue weighted by Crippen LogP contribution is -2.31. The topological polar surface area (TPSA) is 92.2 Å². The van der Waals surface area contributed by atoms with Gasteiger partial charge in [0.2, 0.25) is 0 Å². The summed E-state index contributed by atoms with van der Waals surface area (Å²) in [6.07, 6.45) is 2.68. The maximum Gasteiger partial charge on any atom is 0.268 e. The molecule has 1 amide bonds. The van der Waals surface area contributed by atoms with E-state index in [0.29, 0.717) is 17.3 Å². The molecule has 0 aliphatic carbocycles. The molecule has 1 fully saturated rings. The molecule has 0 radical (unpaired) electrons. The highest BCUT2D eigenvalue weighted by Gasteiger charge is 2.24. The maximum atomic E-state index is 12.3. The highest BCUT2D eigenvalue weighted by molar-refractivity contribution is 7.17. The molecule has 9 heteroatoms. The zero-order chi connectivity index (χ0) is 18.0. The molecular weight excluding hydrogens is 340 g/mol. The highest BCUT2D eigenvalue weighted by atomic mass is 32.1. The van der Waals surface area contributed by atoms with Crippen LogP contribution in [0.25, 0.3) is 0 Å². The van der Waals surface area contributed by atoms with Crippen LogP contribution >= 0.6 is 11.3 Å². The number of hydrogen-bond donors (Lipinski definition) is 2. The van der Waals surface area contributed by atoms with Gasteiger partial charge in [0.1, 0.15) is 4.88 Å². The molecule has 2 aromatic rings. The standard InChI is InChI=1S/C16H22N6O2S/c1-10-14(25-16(17-2)20-10)15(24)18-7-11-4-5-22(9-11)12-6-13(23)21(3)19-8-12/h6,8,11H,4-5,7,9H2,1-3H3,(H,17,20)(H,18,24)/t11-/m1/s1. The summed E-state index contributed by atoms with van der Waals surface area (Å²) < 4.78 is 1.31. The molecule has 1 atom stereocenters. The molecule has 2 N–H and O–H groups in total. The van der Waals surface area contributed by atoms with Crippen LogP contribution in [0.3, 0.4) is 0 Å². The van der Waals surface area contributed by atoms with Crippen molar-refractivity contribution in [1.29, 1.82) is 0 Å². The van der Waals surface area contributed by atoms with Gasteiger partial charge in [0, 0.05) is 39.8 Å². The molecule has 0 aromatic carbocycles. The van der Waals surface area contributed by atoms with Gasteiger partial charge in [0.05, 0.1) is 17.6 Å². The molecule has 134 valence electrons. The van der Waals surface area contributed by atoms with E-state index in [1.54, 1.807) is 26.4 Å². The minimum atomic E-state index is -0.115. The molecule has 1 aliphatic rings. The first kappa shape index (κ1) is 17.4. The number of aromatic nitrogens is 3. The molecule has 0 bridgehead atoms. The van der Waals surface area contributed by atoms with Crippen molar-refractivity contribution in [2.45, 2.75) is 13.3 Å². The van der Waals surface area contributed by atoms with Gasteiger partial charge in [-0.05, 0) is 19.3 Å². The third kappa shape index (κ3) is 3.81. The Hall–Kier alpha value is -2.42. The van der Waals surface area contributed by atoms with Crippen molar-refractivity contribution in [3.05, 3.63) is 33.2 Å². The second kappa shape index (κ2) is 7.22. The molecule has 3 heterocycles. The molecule has 0 unspecified atom stereocenters. The van der Waals surface area contributed by atoms with Gasteiger partial charge in [-0.2, -0.15) is 5.10 Å². The summed E-state index contributed by atoms with van der Waals surface area (Å²) in [5.74, 6) is 0.273. The summed E-state index contributed by atoms with van der Waals surface area (Å²) in [4.78, 5) is 31.2. The summed E-state index contributed by atoms with van der Waals surface area (Å²) in [7, 11) is 3.42. The third-order valence-corrected chi connectivity index (χ3v) is 5.55. The van der Waals surface area contributed by atoms with E-state index in [1.165, 1.54) is 16.0 Å². The number of thiazole rings is 1. The van der Waals surface area contributed by atoms with Crippen molar-refractivity contribution in [2.75, 3.05) is 36.9 Å². The Morgan fingerprint density at radius 2 is 2.28 bits per heavy atom. The smallest absolute Gasteiger partial charge is 0.268 e. The van der Waals surface area contributed by atoms with E-state index in [4.69, 9.17) is 0 Å². The zero-order valence-corrected chi connectivity index (χ0v) is 15.4. The summed E-state index contributed by atoms with van der Waals surface area (Å²) in [5.41, 5.74) is 1.47. The van der Waals surface area contributed by atoms with Gasteiger partial charge in [-0.25, -0.2) is 9.67 Å².